The molecule has 2 fully saturated rings. The number of hydrogen-bond acceptors (Lipinski definition) is 4. The Kier molecular flexibility index (Phi) is 9.03. The van der Waals surface area contributed by atoms with Crippen LogP contribution in [0.25, 0.3) is 0 Å². The number of anilines is 1. The third-order valence-electron chi connectivity index (χ3n) is 5.72. The Hall–Kier alpha value is -1.14. The zero-order chi connectivity index (χ0) is 18.4. The number of benzene rings is 1. The molecule has 2 N–H and O–H groups in total. The summed E-state index contributed by atoms with van der Waals surface area (Å²) < 4.78 is 11.0. The minimum atomic E-state index is -0.0615. The molecule has 5 nitrogen and oxygen atoms in total. The van der Waals surface area contributed by atoms with Crippen LogP contribution >= 0.6 is 12.4 Å². The van der Waals surface area contributed by atoms with E-state index in [2.05, 4.69) is 10.6 Å². The predicted molar refractivity (Wildman–Crippen MR) is 110 cm³/mol. The van der Waals surface area contributed by atoms with Crippen molar-refractivity contribution in [2.24, 2.45) is 5.92 Å². The van der Waals surface area contributed by atoms with Gasteiger partial charge in [-0.15, -0.1) is 12.4 Å². The van der Waals surface area contributed by atoms with Crippen LogP contribution in [0.15, 0.2) is 18.2 Å². The second-order valence-electron chi connectivity index (χ2n) is 7.43. The highest BCUT2D eigenvalue weighted by Gasteiger charge is 2.38. The van der Waals surface area contributed by atoms with Crippen LogP contribution in [0.5, 0.6) is 0 Å². The zero-order valence-electron chi connectivity index (χ0n) is 16.5. The lowest BCUT2D eigenvalue weighted by atomic mass is 9.85. The number of carbonyl (C=O) groups is 1. The van der Waals surface area contributed by atoms with E-state index >= 15 is 0 Å². The van der Waals surface area contributed by atoms with Gasteiger partial charge < -0.3 is 20.1 Å². The van der Waals surface area contributed by atoms with Crippen LogP contribution in [0.2, 0.25) is 0 Å². The number of amides is 1. The SMILES string of the molecule is CCOCCOCc1cccc(NC(=O)C2CC3CCCCC3N2)c1C.Cl. The second-order valence-corrected chi connectivity index (χ2v) is 7.43. The van der Waals surface area contributed by atoms with Gasteiger partial charge in [0.1, 0.15) is 0 Å². The van der Waals surface area contributed by atoms with Gasteiger partial charge in [0.25, 0.3) is 0 Å². The first-order valence-electron chi connectivity index (χ1n) is 10.00. The normalized spacial score (nSPS) is 24.1. The fourth-order valence-corrected chi connectivity index (χ4v) is 4.16. The molecule has 27 heavy (non-hydrogen) atoms. The number of ether oxygens (including phenoxy) is 2. The number of halogens is 1. The number of nitrogens with one attached hydrogen (secondary N) is 2. The van der Waals surface area contributed by atoms with Gasteiger partial charge in [-0.2, -0.15) is 0 Å². The molecule has 0 radical (unpaired) electrons. The molecule has 3 atom stereocenters. The summed E-state index contributed by atoms with van der Waals surface area (Å²) >= 11 is 0. The molecule has 1 amide bonds. The fourth-order valence-electron chi connectivity index (χ4n) is 4.16. The quantitative estimate of drug-likeness (QED) is 0.655. The van der Waals surface area contributed by atoms with E-state index in [9.17, 15) is 4.79 Å². The summed E-state index contributed by atoms with van der Waals surface area (Å²) in [7, 11) is 0. The van der Waals surface area contributed by atoms with E-state index in [0.717, 1.165) is 23.2 Å². The maximum absolute atomic E-state index is 12.7. The molecule has 0 spiro atoms. The molecular weight excluding hydrogens is 364 g/mol. The molecule has 3 unspecified atom stereocenters. The van der Waals surface area contributed by atoms with Crippen LogP contribution in [0.4, 0.5) is 5.69 Å². The van der Waals surface area contributed by atoms with Gasteiger partial charge in [0.15, 0.2) is 0 Å². The lowest BCUT2D eigenvalue weighted by Gasteiger charge is -2.24. The lowest BCUT2D eigenvalue weighted by Crippen LogP contribution is -2.40. The third-order valence-corrected chi connectivity index (χ3v) is 5.72. The Balaban J connectivity index is 0.00000261. The van der Waals surface area contributed by atoms with Crippen LogP contribution in [-0.2, 0) is 20.9 Å². The Bertz CT molecular complexity index is 597. The van der Waals surface area contributed by atoms with E-state index in [4.69, 9.17) is 9.47 Å². The van der Waals surface area contributed by atoms with Crippen LogP contribution in [0.3, 0.4) is 0 Å². The van der Waals surface area contributed by atoms with Crippen LogP contribution in [0, 0.1) is 12.8 Å². The molecule has 0 bridgehead atoms. The van der Waals surface area contributed by atoms with Crippen LogP contribution in [-0.4, -0.2) is 37.8 Å². The summed E-state index contributed by atoms with van der Waals surface area (Å²) in [6, 6.07) is 6.47. The molecule has 1 aliphatic heterocycles. The Morgan fingerprint density at radius 1 is 1.22 bits per heavy atom. The van der Waals surface area contributed by atoms with Gasteiger partial charge in [-0.25, -0.2) is 0 Å². The van der Waals surface area contributed by atoms with Gasteiger partial charge in [0.05, 0.1) is 25.9 Å². The Labute approximate surface area is 169 Å². The summed E-state index contributed by atoms with van der Waals surface area (Å²) in [4.78, 5) is 12.7. The van der Waals surface area contributed by atoms with Crippen molar-refractivity contribution in [2.75, 3.05) is 25.1 Å². The monoisotopic (exact) mass is 396 g/mol. The topological polar surface area (TPSA) is 59.6 Å². The van der Waals surface area contributed by atoms with E-state index in [0.29, 0.717) is 38.4 Å². The second kappa shape index (κ2) is 11.0. The zero-order valence-corrected chi connectivity index (χ0v) is 17.3. The Morgan fingerprint density at radius 3 is 2.78 bits per heavy atom. The highest BCUT2D eigenvalue weighted by molar-refractivity contribution is 5.95. The van der Waals surface area contributed by atoms with Crippen molar-refractivity contribution in [3.8, 4) is 0 Å². The number of carbonyl (C=O) groups excluding carboxylic acids is 1. The van der Waals surface area contributed by atoms with E-state index in [1.807, 2.05) is 32.0 Å². The molecule has 1 aromatic carbocycles. The van der Waals surface area contributed by atoms with Gasteiger partial charge in [-0.1, -0.05) is 25.0 Å². The first kappa shape index (κ1) is 22.2. The molecule has 0 aromatic heterocycles. The molecule has 1 aliphatic carbocycles. The van der Waals surface area contributed by atoms with Crippen molar-refractivity contribution in [1.82, 2.24) is 5.32 Å². The van der Waals surface area contributed by atoms with E-state index in [1.165, 1.54) is 25.7 Å². The molecule has 2 aliphatic rings. The van der Waals surface area contributed by atoms with Crippen molar-refractivity contribution in [1.29, 1.82) is 0 Å². The van der Waals surface area contributed by atoms with E-state index in [1.54, 1.807) is 0 Å². The molecule has 1 heterocycles. The Morgan fingerprint density at radius 2 is 2.00 bits per heavy atom. The standard InChI is InChI=1S/C21H32N2O3.ClH/c1-3-25-11-12-26-14-17-8-6-10-18(15(17)2)23-21(24)20-13-16-7-4-5-9-19(16)22-20;/h6,8,10,16,19-20,22H,3-5,7,9,11-14H2,1-2H3,(H,23,24);1H. The fraction of sp³-hybridized carbons (Fsp3) is 0.667. The number of fused-ring (bicyclic) bond motifs is 1. The first-order chi connectivity index (χ1) is 12.7. The smallest absolute Gasteiger partial charge is 0.241 e. The van der Waals surface area contributed by atoms with Crippen molar-refractivity contribution >= 4 is 24.0 Å². The highest BCUT2D eigenvalue weighted by atomic mass is 35.5. The summed E-state index contributed by atoms with van der Waals surface area (Å²) in [6.07, 6.45) is 6.03. The molecule has 3 rings (SSSR count). The van der Waals surface area contributed by atoms with E-state index in [-0.39, 0.29) is 24.4 Å². The number of rotatable bonds is 8. The molecular formula is C21H33ClN2O3. The summed E-state index contributed by atoms with van der Waals surface area (Å²) in [6.45, 7) is 6.46. The minimum absolute atomic E-state index is 0. The molecule has 1 aromatic rings. The van der Waals surface area contributed by atoms with Crippen molar-refractivity contribution < 1.29 is 14.3 Å². The molecule has 1 saturated heterocycles. The van der Waals surface area contributed by atoms with Crippen LogP contribution < -0.4 is 10.6 Å². The van der Waals surface area contributed by atoms with Gasteiger partial charge >= 0.3 is 0 Å². The first-order valence-corrected chi connectivity index (χ1v) is 10.00. The van der Waals surface area contributed by atoms with Crippen molar-refractivity contribution in [3.63, 3.8) is 0 Å². The number of hydrogen-bond donors (Lipinski definition) is 2. The molecule has 6 heteroatoms. The maximum Gasteiger partial charge on any atom is 0.241 e. The van der Waals surface area contributed by atoms with Gasteiger partial charge in [-0.05, 0) is 56.2 Å². The van der Waals surface area contributed by atoms with Gasteiger partial charge in [-0.3, -0.25) is 4.79 Å². The van der Waals surface area contributed by atoms with Gasteiger partial charge in [0, 0.05) is 18.3 Å². The lowest BCUT2D eigenvalue weighted by molar-refractivity contribution is -0.117. The van der Waals surface area contributed by atoms with Gasteiger partial charge in [0.2, 0.25) is 5.91 Å². The molecule has 1 saturated carbocycles. The summed E-state index contributed by atoms with van der Waals surface area (Å²) in [5, 5.41) is 6.68. The largest absolute Gasteiger partial charge is 0.379 e. The summed E-state index contributed by atoms with van der Waals surface area (Å²) in [5.74, 6) is 0.766. The van der Waals surface area contributed by atoms with E-state index < -0.39 is 0 Å². The average molecular weight is 397 g/mol. The summed E-state index contributed by atoms with van der Waals surface area (Å²) in [5.41, 5.74) is 3.07. The van der Waals surface area contributed by atoms with Crippen LogP contribution in [0.1, 0.15) is 50.2 Å². The molecule has 152 valence electrons. The average Bonchev–Trinajstić information content (AvgIpc) is 3.09. The predicted octanol–water partition coefficient (Wildman–Crippen LogP) is 3.83. The van der Waals surface area contributed by atoms with Crippen molar-refractivity contribution in [2.45, 2.75) is 64.6 Å². The van der Waals surface area contributed by atoms with Crippen molar-refractivity contribution in [3.05, 3.63) is 29.3 Å². The third kappa shape index (κ3) is 5.92. The minimum Gasteiger partial charge on any atom is -0.379 e. The maximum atomic E-state index is 12.7. The highest BCUT2D eigenvalue weighted by Crippen LogP contribution is 2.33.